The second-order valence-corrected chi connectivity index (χ2v) is 10.0. The lowest BCUT2D eigenvalue weighted by molar-refractivity contribution is 0.465. The summed E-state index contributed by atoms with van der Waals surface area (Å²) in [5.74, 6) is -1.19. The Bertz CT molecular complexity index is 1230. The number of halogens is 2. The fourth-order valence-electron chi connectivity index (χ4n) is 3.15. The minimum absolute atomic E-state index is 0.177. The number of anilines is 2. The number of hydrogen-bond acceptors (Lipinski definition) is 6. The Hall–Kier alpha value is -2.85. The Morgan fingerprint density at radius 3 is 2.60 bits per heavy atom. The highest BCUT2D eigenvalue weighted by molar-refractivity contribution is 7.89. The van der Waals surface area contributed by atoms with Gasteiger partial charge in [-0.2, -0.15) is 0 Å². The first kappa shape index (κ1) is 20.4. The van der Waals surface area contributed by atoms with Gasteiger partial charge in [0.15, 0.2) is 5.13 Å². The second kappa shape index (κ2) is 7.44. The molecule has 1 N–H and O–H groups in total. The van der Waals surface area contributed by atoms with Crippen molar-refractivity contribution in [1.82, 2.24) is 9.29 Å². The Morgan fingerprint density at radius 1 is 1.17 bits per heavy atom. The van der Waals surface area contributed by atoms with Crippen molar-refractivity contribution in [3.63, 3.8) is 0 Å². The van der Waals surface area contributed by atoms with Crippen molar-refractivity contribution in [2.45, 2.75) is 12.5 Å². The van der Waals surface area contributed by atoms with Gasteiger partial charge in [0, 0.05) is 29.2 Å². The molecule has 1 aromatic heterocycles. The summed E-state index contributed by atoms with van der Waals surface area (Å²) < 4.78 is 53.3. The van der Waals surface area contributed by atoms with Crippen LogP contribution in [0.15, 0.2) is 52.8 Å². The third kappa shape index (κ3) is 3.92. The van der Waals surface area contributed by atoms with Crippen molar-refractivity contribution >= 4 is 38.5 Å². The van der Waals surface area contributed by atoms with Crippen molar-refractivity contribution < 1.29 is 17.2 Å². The van der Waals surface area contributed by atoms with Gasteiger partial charge in [-0.3, -0.25) is 9.30 Å². The lowest BCUT2D eigenvalue weighted by atomic mass is 9.93. The number of benzene rings is 2. The molecule has 1 aliphatic rings. The summed E-state index contributed by atoms with van der Waals surface area (Å²) in [6.45, 7) is 1.59. The highest BCUT2D eigenvalue weighted by atomic mass is 32.2. The summed E-state index contributed by atoms with van der Waals surface area (Å²) in [7, 11) is -2.18. The molecule has 0 fully saturated rings. The average Bonchev–Trinajstić information content (AvgIpc) is 3.15. The van der Waals surface area contributed by atoms with E-state index in [0.717, 1.165) is 9.87 Å². The highest BCUT2D eigenvalue weighted by Gasteiger charge is 2.39. The first-order valence-corrected chi connectivity index (χ1v) is 11.4. The zero-order valence-electron chi connectivity index (χ0n) is 16.1. The van der Waals surface area contributed by atoms with Gasteiger partial charge < -0.3 is 5.32 Å². The number of nitrogens with zero attached hydrogens (tertiary/aromatic N) is 3. The molecule has 0 radical (unpaired) electrons. The molecule has 0 saturated heterocycles. The van der Waals surface area contributed by atoms with E-state index >= 15 is 0 Å². The average molecular weight is 449 g/mol. The normalized spacial score (nSPS) is 20.3. The van der Waals surface area contributed by atoms with Gasteiger partial charge in [0.2, 0.25) is 10.0 Å². The summed E-state index contributed by atoms with van der Waals surface area (Å²) in [4.78, 5) is 8.76. The molecule has 0 amide bonds. The van der Waals surface area contributed by atoms with Gasteiger partial charge in [-0.05, 0) is 49.4 Å². The second-order valence-electron chi connectivity index (χ2n) is 7.16. The Morgan fingerprint density at radius 2 is 1.90 bits per heavy atom. The summed E-state index contributed by atoms with van der Waals surface area (Å²) in [5.41, 5.74) is 0.950. The minimum Gasteiger partial charge on any atom is -0.332 e. The van der Waals surface area contributed by atoms with Gasteiger partial charge in [-0.25, -0.2) is 22.2 Å². The van der Waals surface area contributed by atoms with E-state index in [-0.39, 0.29) is 17.1 Å². The third-order valence-corrected chi connectivity index (χ3v) is 7.51. The molecule has 156 valence electrons. The van der Waals surface area contributed by atoms with E-state index in [4.69, 9.17) is 0 Å². The van der Waals surface area contributed by atoms with E-state index in [0.29, 0.717) is 16.5 Å². The molecule has 4 rings (SSSR count). The fraction of sp³-hybridized carbons (Fsp3) is 0.200. The summed E-state index contributed by atoms with van der Waals surface area (Å²) in [6, 6.07) is 10.4. The topological polar surface area (TPSA) is 74.7 Å². The van der Waals surface area contributed by atoms with Crippen molar-refractivity contribution in [2.24, 2.45) is 4.99 Å². The maximum absolute atomic E-state index is 14.6. The first-order chi connectivity index (χ1) is 14.2. The molecular weight excluding hydrogens is 430 g/mol. The van der Waals surface area contributed by atoms with Crippen molar-refractivity contribution in [3.8, 4) is 11.3 Å². The predicted octanol–water partition coefficient (Wildman–Crippen LogP) is 4.35. The largest absolute Gasteiger partial charge is 0.332 e. The van der Waals surface area contributed by atoms with Gasteiger partial charge in [0.05, 0.1) is 17.8 Å². The lowest BCUT2D eigenvalue weighted by Gasteiger charge is -2.32. The molecule has 10 heteroatoms. The van der Waals surface area contributed by atoms with Gasteiger partial charge in [0.25, 0.3) is 0 Å². The number of sulfonamides is 1. The molecule has 3 aromatic rings. The number of thiazole rings is 1. The molecule has 0 bridgehead atoms. The van der Waals surface area contributed by atoms with E-state index in [1.165, 1.54) is 42.9 Å². The van der Waals surface area contributed by atoms with Crippen LogP contribution in [-0.2, 0) is 15.6 Å². The van der Waals surface area contributed by atoms with Crippen LogP contribution in [0.25, 0.3) is 11.3 Å². The molecule has 1 unspecified atom stereocenters. The first-order valence-electron chi connectivity index (χ1n) is 8.96. The Kier molecular flexibility index (Phi) is 5.07. The Labute approximate surface area is 177 Å². The number of aromatic nitrogens is 1. The van der Waals surface area contributed by atoms with Crippen LogP contribution in [0.5, 0.6) is 0 Å². The van der Waals surface area contributed by atoms with Crippen LogP contribution in [0.4, 0.5) is 19.6 Å². The van der Waals surface area contributed by atoms with E-state index in [1.54, 1.807) is 31.2 Å². The fourth-order valence-corrected chi connectivity index (χ4v) is 5.22. The van der Waals surface area contributed by atoms with Crippen molar-refractivity contribution in [2.75, 3.05) is 18.1 Å². The summed E-state index contributed by atoms with van der Waals surface area (Å²) >= 11 is 1.35. The monoisotopic (exact) mass is 448 g/mol. The van der Waals surface area contributed by atoms with Gasteiger partial charge in [-0.15, -0.1) is 11.3 Å². The van der Waals surface area contributed by atoms with Crippen molar-refractivity contribution in [1.29, 1.82) is 0 Å². The molecular formula is C20H18F2N4O2S2. The quantitative estimate of drug-likeness (QED) is 0.644. The summed E-state index contributed by atoms with van der Waals surface area (Å²) in [6.07, 6.45) is 1.20. The molecule has 0 aliphatic carbocycles. The molecule has 2 aromatic carbocycles. The van der Waals surface area contributed by atoms with Crippen LogP contribution >= 0.6 is 11.3 Å². The number of aliphatic imine (C=N–C) groups is 1. The molecule has 1 atom stereocenters. The highest BCUT2D eigenvalue weighted by Crippen LogP contribution is 2.35. The molecule has 6 nitrogen and oxygen atoms in total. The van der Waals surface area contributed by atoms with Crippen molar-refractivity contribution in [3.05, 3.63) is 65.0 Å². The summed E-state index contributed by atoms with van der Waals surface area (Å²) in [5, 5.41) is 5.51. The van der Waals surface area contributed by atoms with Crippen LogP contribution in [0.1, 0.15) is 12.5 Å². The smallest absolute Gasteiger partial charge is 0.238 e. The van der Waals surface area contributed by atoms with Gasteiger partial charge >= 0.3 is 0 Å². The number of hydrogen-bond donors (Lipinski definition) is 1. The Balaban J connectivity index is 1.62. The lowest BCUT2D eigenvalue weighted by Crippen LogP contribution is -2.43. The SMILES string of the molecule is CN1C=NC(C)(c2cc(Nc3nc(-c4ccc(F)cc4)cs3)ccc2F)CS1(=O)=O. The third-order valence-electron chi connectivity index (χ3n) is 4.85. The van der Waals surface area contributed by atoms with Crippen LogP contribution < -0.4 is 5.32 Å². The molecule has 0 spiro atoms. The standard InChI is InChI=1S/C20H18F2N4O2S2/c1-20(11-30(27,28)26(2)12-23-20)16-9-15(7-8-17(16)22)24-19-25-18(10-29-19)13-3-5-14(21)6-4-13/h3-10,12H,11H2,1-2H3,(H,24,25). The molecule has 1 aliphatic heterocycles. The van der Waals surface area contributed by atoms with E-state index < -0.39 is 21.4 Å². The number of rotatable bonds is 4. The number of nitrogens with one attached hydrogen (secondary N) is 1. The predicted molar refractivity (Wildman–Crippen MR) is 115 cm³/mol. The molecule has 30 heavy (non-hydrogen) atoms. The van der Waals surface area contributed by atoms with Crippen LogP contribution in [0, 0.1) is 11.6 Å². The maximum Gasteiger partial charge on any atom is 0.238 e. The van der Waals surface area contributed by atoms with E-state index in [1.807, 2.05) is 5.38 Å². The van der Waals surface area contributed by atoms with E-state index in [9.17, 15) is 17.2 Å². The maximum atomic E-state index is 14.6. The van der Waals surface area contributed by atoms with E-state index in [2.05, 4.69) is 15.3 Å². The molecule has 0 saturated carbocycles. The molecule has 2 heterocycles. The van der Waals surface area contributed by atoms with Gasteiger partial charge in [0.1, 0.15) is 17.2 Å². The zero-order chi connectivity index (χ0) is 21.5. The minimum atomic E-state index is -3.58. The van der Waals surface area contributed by atoms with Crippen LogP contribution in [0.3, 0.4) is 0 Å². The van der Waals surface area contributed by atoms with Crippen LogP contribution in [-0.4, -0.2) is 36.8 Å². The van der Waals surface area contributed by atoms with Gasteiger partial charge in [-0.1, -0.05) is 0 Å². The van der Waals surface area contributed by atoms with Crippen LogP contribution in [0.2, 0.25) is 0 Å². The zero-order valence-corrected chi connectivity index (χ0v) is 17.8.